The molecule has 3 rings (SSSR count). The van der Waals surface area contributed by atoms with Gasteiger partial charge < -0.3 is 5.73 Å². The fourth-order valence-electron chi connectivity index (χ4n) is 1.74. The normalized spacial score (nSPS) is 12.5. The summed E-state index contributed by atoms with van der Waals surface area (Å²) in [6.45, 7) is 0. The molecule has 0 radical (unpaired) electrons. The number of nitrogens with one attached hydrogen (secondary N) is 1. The van der Waals surface area contributed by atoms with E-state index in [-0.39, 0.29) is 0 Å². The topological polar surface area (TPSA) is 98.3 Å². The Morgan fingerprint density at radius 3 is 2.72 bits per heavy atom. The van der Waals surface area contributed by atoms with Crippen molar-refractivity contribution < 1.29 is 0 Å². The molecule has 7 heteroatoms. The second-order valence-corrected chi connectivity index (χ2v) is 3.78. The summed E-state index contributed by atoms with van der Waals surface area (Å²) >= 11 is 0. The Bertz CT molecular complexity index is 614. The Kier molecular flexibility index (Phi) is 2.58. The molecule has 0 aliphatic heterocycles. The minimum absolute atomic E-state index is 0.418. The van der Waals surface area contributed by atoms with Crippen LogP contribution in [0, 0.1) is 0 Å². The Morgan fingerprint density at radius 1 is 1.17 bits per heavy atom. The summed E-state index contributed by atoms with van der Waals surface area (Å²) in [6.07, 6.45) is 3.22. The van der Waals surface area contributed by atoms with Crippen LogP contribution in [-0.2, 0) is 0 Å². The number of hydrogen-bond acceptors (Lipinski definition) is 5. The van der Waals surface area contributed by atoms with E-state index in [1.165, 1.54) is 0 Å². The lowest BCUT2D eigenvalue weighted by Gasteiger charge is -2.10. The third-order valence-electron chi connectivity index (χ3n) is 2.65. The predicted octanol–water partition coefficient (Wildman–Crippen LogP) is 0.433. The van der Waals surface area contributed by atoms with E-state index in [0.29, 0.717) is 5.69 Å². The summed E-state index contributed by atoms with van der Waals surface area (Å²) in [6, 6.07) is 9.27. The maximum Gasteiger partial charge on any atom is 0.105 e. The Morgan fingerprint density at radius 2 is 2.00 bits per heavy atom. The average Bonchev–Trinajstić information content (AvgIpc) is 3.10. The van der Waals surface area contributed by atoms with Crippen LogP contribution in [0.4, 0.5) is 0 Å². The van der Waals surface area contributed by atoms with Crippen LogP contribution in [0.3, 0.4) is 0 Å². The van der Waals surface area contributed by atoms with Crippen LogP contribution in [-0.4, -0.2) is 30.4 Å². The molecule has 7 nitrogen and oxygen atoms in total. The highest BCUT2D eigenvalue weighted by molar-refractivity contribution is 5.33. The first-order chi connectivity index (χ1) is 8.86. The highest BCUT2D eigenvalue weighted by Crippen LogP contribution is 2.18. The molecule has 0 saturated carbocycles. The maximum absolute atomic E-state index is 6.12. The molecule has 18 heavy (non-hydrogen) atoms. The second kappa shape index (κ2) is 4.38. The van der Waals surface area contributed by atoms with Crippen LogP contribution in [0.5, 0.6) is 0 Å². The number of benzene rings is 1. The van der Waals surface area contributed by atoms with Crippen LogP contribution in [0.1, 0.15) is 17.4 Å². The van der Waals surface area contributed by atoms with Crippen molar-refractivity contribution >= 4 is 0 Å². The first-order valence-corrected chi connectivity index (χ1v) is 5.43. The molecule has 0 amide bonds. The van der Waals surface area contributed by atoms with Crippen molar-refractivity contribution in [3.63, 3.8) is 0 Å². The van der Waals surface area contributed by atoms with Crippen molar-refractivity contribution in [2.24, 2.45) is 5.73 Å². The minimum atomic E-state index is -0.418. The molecule has 1 unspecified atom stereocenters. The smallest absolute Gasteiger partial charge is 0.105 e. The molecule has 1 aromatic carbocycles. The van der Waals surface area contributed by atoms with Gasteiger partial charge >= 0.3 is 0 Å². The maximum atomic E-state index is 6.12. The molecule has 0 saturated heterocycles. The summed E-state index contributed by atoms with van der Waals surface area (Å²) in [5, 5.41) is 18.2. The number of para-hydroxylation sites is 1. The predicted molar refractivity (Wildman–Crippen MR) is 63.8 cm³/mol. The van der Waals surface area contributed by atoms with Gasteiger partial charge in [-0.25, -0.2) is 4.68 Å². The van der Waals surface area contributed by atoms with Gasteiger partial charge in [0, 0.05) is 0 Å². The highest BCUT2D eigenvalue weighted by Gasteiger charge is 2.17. The van der Waals surface area contributed by atoms with E-state index in [4.69, 9.17) is 5.73 Å². The van der Waals surface area contributed by atoms with Gasteiger partial charge in [-0.1, -0.05) is 23.4 Å². The zero-order valence-electron chi connectivity index (χ0n) is 9.43. The number of aromatic amines is 1. The van der Waals surface area contributed by atoms with Crippen molar-refractivity contribution in [2.75, 3.05) is 0 Å². The van der Waals surface area contributed by atoms with Crippen LogP contribution >= 0.6 is 0 Å². The monoisotopic (exact) mass is 241 g/mol. The largest absolute Gasteiger partial charge is 0.318 e. The molecule has 0 spiro atoms. The zero-order chi connectivity index (χ0) is 12.4. The lowest BCUT2D eigenvalue weighted by Crippen LogP contribution is -2.17. The fraction of sp³-hybridized carbons (Fsp3) is 0.0909. The fourth-order valence-corrected chi connectivity index (χ4v) is 1.74. The molecule has 0 aliphatic carbocycles. The van der Waals surface area contributed by atoms with Gasteiger partial charge in [-0.3, -0.25) is 0 Å². The average molecular weight is 241 g/mol. The van der Waals surface area contributed by atoms with Gasteiger partial charge in [0.25, 0.3) is 0 Å². The van der Waals surface area contributed by atoms with Gasteiger partial charge in [0.15, 0.2) is 0 Å². The van der Waals surface area contributed by atoms with E-state index >= 15 is 0 Å². The van der Waals surface area contributed by atoms with E-state index in [1.54, 1.807) is 17.1 Å². The zero-order valence-corrected chi connectivity index (χ0v) is 9.43. The third kappa shape index (κ3) is 1.76. The molecule has 90 valence electrons. The molecule has 3 N–H and O–H groups in total. The number of H-pyrrole nitrogens is 1. The lowest BCUT2D eigenvalue weighted by molar-refractivity contribution is 0.704. The molecule has 0 fully saturated rings. The summed E-state index contributed by atoms with van der Waals surface area (Å²) in [5.74, 6) is 0. The second-order valence-electron chi connectivity index (χ2n) is 3.78. The third-order valence-corrected chi connectivity index (χ3v) is 2.65. The Hall–Kier alpha value is -2.54. The van der Waals surface area contributed by atoms with Crippen molar-refractivity contribution in [3.05, 3.63) is 54.1 Å². The summed E-state index contributed by atoms with van der Waals surface area (Å²) in [7, 11) is 0. The van der Waals surface area contributed by atoms with Crippen molar-refractivity contribution in [1.82, 2.24) is 30.4 Å². The number of aromatic nitrogens is 6. The van der Waals surface area contributed by atoms with Gasteiger partial charge in [-0.05, 0) is 12.1 Å². The molecule has 0 bridgehead atoms. The molecule has 0 aliphatic rings. The standard InChI is InChI=1S/C11H11N7/c12-11(9-6-13-16-15-9)10-7-14-17-18(10)8-4-2-1-3-5-8/h1-7,11H,12H2,(H,13,15,16). The van der Waals surface area contributed by atoms with E-state index in [0.717, 1.165) is 11.4 Å². The van der Waals surface area contributed by atoms with E-state index in [1.807, 2.05) is 30.3 Å². The van der Waals surface area contributed by atoms with Gasteiger partial charge in [0.2, 0.25) is 0 Å². The van der Waals surface area contributed by atoms with Crippen LogP contribution in [0.15, 0.2) is 42.7 Å². The first kappa shape index (κ1) is 10.6. The van der Waals surface area contributed by atoms with Gasteiger partial charge in [0.1, 0.15) is 5.69 Å². The molecular formula is C11H11N7. The number of hydrogen-bond donors (Lipinski definition) is 2. The highest BCUT2D eigenvalue weighted by atomic mass is 15.4. The van der Waals surface area contributed by atoms with E-state index in [2.05, 4.69) is 25.7 Å². The first-order valence-electron chi connectivity index (χ1n) is 5.43. The molecule has 2 aromatic heterocycles. The molecular weight excluding hydrogens is 230 g/mol. The lowest BCUT2D eigenvalue weighted by atomic mass is 10.2. The summed E-state index contributed by atoms with van der Waals surface area (Å²) in [5.41, 5.74) is 8.43. The molecule has 1 atom stereocenters. The SMILES string of the molecule is NC(c1cn[nH]n1)c1cnnn1-c1ccccc1. The molecule has 3 aromatic rings. The van der Waals surface area contributed by atoms with Crippen molar-refractivity contribution in [1.29, 1.82) is 0 Å². The van der Waals surface area contributed by atoms with Crippen molar-refractivity contribution in [2.45, 2.75) is 6.04 Å². The van der Waals surface area contributed by atoms with Crippen LogP contribution < -0.4 is 5.73 Å². The summed E-state index contributed by atoms with van der Waals surface area (Å²) < 4.78 is 1.69. The molecule has 2 heterocycles. The Balaban J connectivity index is 2.02. The number of nitrogens with zero attached hydrogens (tertiary/aromatic N) is 5. The quantitative estimate of drug-likeness (QED) is 0.693. The number of nitrogens with two attached hydrogens (primary N) is 1. The van der Waals surface area contributed by atoms with E-state index < -0.39 is 6.04 Å². The Labute approximate surface area is 103 Å². The van der Waals surface area contributed by atoms with Gasteiger partial charge in [-0.2, -0.15) is 15.4 Å². The van der Waals surface area contributed by atoms with Gasteiger partial charge in [-0.15, -0.1) is 5.10 Å². The minimum Gasteiger partial charge on any atom is -0.318 e. The van der Waals surface area contributed by atoms with Crippen molar-refractivity contribution in [3.8, 4) is 5.69 Å². The van der Waals surface area contributed by atoms with Gasteiger partial charge in [0.05, 0.1) is 29.8 Å². The van der Waals surface area contributed by atoms with E-state index in [9.17, 15) is 0 Å². The van der Waals surface area contributed by atoms with Crippen LogP contribution in [0.2, 0.25) is 0 Å². The van der Waals surface area contributed by atoms with Crippen LogP contribution in [0.25, 0.3) is 5.69 Å². The number of rotatable bonds is 3. The summed E-state index contributed by atoms with van der Waals surface area (Å²) in [4.78, 5) is 0.